The summed E-state index contributed by atoms with van der Waals surface area (Å²) in [6.45, 7) is 3.74. The lowest BCUT2D eigenvalue weighted by atomic mass is 10.1. The van der Waals surface area contributed by atoms with Crippen LogP contribution < -0.4 is 4.74 Å². The summed E-state index contributed by atoms with van der Waals surface area (Å²) in [7, 11) is 0. The molecule has 1 aromatic rings. The average Bonchev–Trinajstić information content (AvgIpc) is 2.40. The second kappa shape index (κ2) is 6.10. The number of likely N-dealkylation sites (tertiary alicyclic amines) is 1. The Bertz CT molecular complexity index is 428. The number of carbonyl (C=O) groups is 1. The smallest absolute Gasteiger partial charge is 0.260 e. The minimum Gasteiger partial charge on any atom is -0.482 e. The van der Waals surface area contributed by atoms with Crippen LogP contribution in [0, 0.1) is 6.92 Å². The van der Waals surface area contributed by atoms with Crippen LogP contribution in [0.4, 0.5) is 0 Å². The predicted octanol–water partition coefficient (Wildman–Crippen LogP) is 3.04. The maximum Gasteiger partial charge on any atom is 0.260 e. The second-order valence-electron chi connectivity index (χ2n) is 4.66. The van der Waals surface area contributed by atoms with Crippen molar-refractivity contribution < 1.29 is 9.53 Å². The van der Waals surface area contributed by atoms with Crippen molar-refractivity contribution in [2.75, 3.05) is 19.7 Å². The van der Waals surface area contributed by atoms with Crippen LogP contribution in [0.15, 0.2) is 18.2 Å². The van der Waals surface area contributed by atoms with Crippen molar-refractivity contribution >= 4 is 17.5 Å². The van der Waals surface area contributed by atoms with Crippen molar-refractivity contribution in [2.24, 2.45) is 0 Å². The first-order valence-electron chi connectivity index (χ1n) is 6.33. The number of ether oxygens (including phenoxy) is 1. The maximum atomic E-state index is 11.9. The zero-order valence-electron chi connectivity index (χ0n) is 10.6. The molecule has 1 aliphatic rings. The molecule has 1 fully saturated rings. The van der Waals surface area contributed by atoms with Crippen molar-refractivity contribution in [2.45, 2.75) is 26.2 Å². The number of nitrogens with zero attached hydrogens (tertiary/aromatic N) is 1. The molecule has 0 aliphatic carbocycles. The number of hydrogen-bond acceptors (Lipinski definition) is 2. The third kappa shape index (κ3) is 3.39. The number of hydrogen-bond donors (Lipinski definition) is 0. The lowest BCUT2D eigenvalue weighted by Gasteiger charge is -2.26. The number of rotatable bonds is 3. The standard InChI is InChI=1S/C14H18ClNO2/c1-11-5-6-12(15)13(9-11)18-10-14(17)16-7-3-2-4-8-16/h5-6,9H,2-4,7-8,10H2,1H3. The minimum absolute atomic E-state index is 0.0484. The van der Waals surface area contributed by atoms with Crippen molar-refractivity contribution in [3.05, 3.63) is 28.8 Å². The van der Waals surface area contributed by atoms with E-state index in [1.165, 1.54) is 6.42 Å². The molecule has 0 bridgehead atoms. The van der Waals surface area contributed by atoms with Crippen LogP contribution in [0.5, 0.6) is 5.75 Å². The van der Waals surface area contributed by atoms with E-state index >= 15 is 0 Å². The monoisotopic (exact) mass is 267 g/mol. The SMILES string of the molecule is Cc1ccc(Cl)c(OCC(=O)N2CCCCC2)c1. The van der Waals surface area contributed by atoms with E-state index in [9.17, 15) is 4.79 Å². The summed E-state index contributed by atoms with van der Waals surface area (Å²) in [4.78, 5) is 13.8. The Kier molecular flexibility index (Phi) is 4.48. The van der Waals surface area contributed by atoms with Gasteiger partial charge in [-0.2, -0.15) is 0 Å². The van der Waals surface area contributed by atoms with Crippen molar-refractivity contribution in [1.82, 2.24) is 4.90 Å². The summed E-state index contributed by atoms with van der Waals surface area (Å²) in [5.41, 5.74) is 1.07. The van der Waals surface area contributed by atoms with E-state index in [1.54, 1.807) is 6.07 Å². The third-order valence-corrected chi connectivity index (χ3v) is 3.46. The van der Waals surface area contributed by atoms with Crippen molar-refractivity contribution in [3.63, 3.8) is 0 Å². The van der Waals surface area contributed by atoms with E-state index in [0.29, 0.717) is 10.8 Å². The molecular weight excluding hydrogens is 250 g/mol. The summed E-state index contributed by atoms with van der Waals surface area (Å²) in [5, 5.41) is 0.548. The summed E-state index contributed by atoms with van der Waals surface area (Å²) < 4.78 is 5.51. The van der Waals surface area contributed by atoms with E-state index < -0.39 is 0 Å². The molecular formula is C14H18ClNO2. The average molecular weight is 268 g/mol. The molecule has 0 spiro atoms. The van der Waals surface area contributed by atoms with Crippen LogP contribution in [0.2, 0.25) is 5.02 Å². The summed E-state index contributed by atoms with van der Waals surface area (Å²) in [6.07, 6.45) is 3.40. The van der Waals surface area contributed by atoms with Gasteiger partial charge in [-0.1, -0.05) is 17.7 Å². The Hall–Kier alpha value is -1.22. The van der Waals surface area contributed by atoms with Gasteiger partial charge >= 0.3 is 0 Å². The van der Waals surface area contributed by atoms with Gasteiger partial charge in [-0.05, 0) is 43.9 Å². The largest absolute Gasteiger partial charge is 0.482 e. The first kappa shape index (κ1) is 13.2. The van der Waals surface area contributed by atoms with Crippen LogP contribution in [0.3, 0.4) is 0 Å². The van der Waals surface area contributed by atoms with Gasteiger partial charge in [0, 0.05) is 13.1 Å². The van der Waals surface area contributed by atoms with Crippen LogP contribution >= 0.6 is 11.6 Å². The highest BCUT2D eigenvalue weighted by Gasteiger charge is 2.17. The van der Waals surface area contributed by atoms with Gasteiger partial charge in [0.2, 0.25) is 0 Å². The van der Waals surface area contributed by atoms with Gasteiger partial charge in [0.05, 0.1) is 5.02 Å². The molecule has 3 nitrogen and oxygen atoms in total. The van der Waals surface area contributed by atoms with Crippen LogP contribution in [-0.4, -0.2) is 30.5 Å². The van der Waals surface area contributed by atoms with Gasteiger partial charge in [0.1, 0.15) is 5.75 Å². The van der Waals surface area contributed by atoms with Gasteiger partial charge in [-0.25, -0.2) is 0 Å². The highest BCUT2D eigenvalue weighted by Crippen LogP contribution is 2.25. The minimum atomic E-state index is 0.0484. The molecule has 1 aromatic carbocycles. The fourth-order valence-electron chi connectivity index (χ4n) is 2.10. The number of benzene rings is 1. The van der Waals surface area contributed by atoms with Gasteiger partial charge in [0.25, 0.3) is 5.91 Å². The van der Waals surface area contributed by atoms with E-state index in [0.717, 1.165) is 31.5 Å². The highest BCUT2D eigenvalue weighted by atomic mass is 35.5. The molecule has 1 aliphatic heterocycles. The Morgan fingerprint density at radius 3 is 2.78 bits per heavy atom. The normalized spacial score (nSPS) is 15.6. The molecule has 0 N–H and O–H groups in total. The number of halogens is 1. The number of piperidine rings is 1. The number of carbonyl (C=O) groups excluding carboxylic acids is 1. The quantitative estimate of drug-likeness (QED) is 0.842. The molecule has 1 amide bonds. The molecule has 1 heterocycles. The molecule has 2 rings (SSSR count). The van der Waals surface area contributed by atoms with Gasteiger partial charge in [-0.15, -0.1) is 0 Å². The zero-order valence-corrected chi connectivity index (χ0v) is 11.4. The van der Waals surface area contributed by atoms with Gasteiger partial charge < -0.3 is 9.64 Å². The van der Waals surface area contributed by atoms with E-state index in [1.807, 2.05) is 24.0 Å². The fraction of sp³-hybridized carbons (Fsp3) is 0.500. The van der Waals surface area contributed by atoms with Crippen molar-refractivity contribution in [3.8, 4) is 5.75 Å². The molecule has 0 radical (unpaired) electrons. The number of aryl methyl sites for hydroxylation is 1. The maximum absolute atomic E-state index is 11.9. The summed E-state index contributed by atoms with van der Waals surface area (Å²) >= 11 is 6.02. The highest BCUT2D eigenvalue weighted by molar-refractivity contribution is 6.32. The third-order valence-electron chi connectivity index (χ3n) is 3.15. The molecule has 0 atom stereocenters. The second-order valence-corrected chi connectivity index (χ2v) is 5.07. The molecule has 0 saturated carbocycles. The first-order chi connectivity index (χ1) is 8.66. The molecule has 18 heavy (non-hydrogen) atoms. The Morgan fingerprint density at radius 1 is 1.33 bits per heavy atom. The Balaban J connectivity index is 1.90. The Morgan fingerprint density at radius 2 is 2.06 bits per heavy atom. The van der Waals surface area contributed by atoms with Gasteiger partial charge in [-0.3, -0.25) is 4.79 Å². The summed E-state index contributed by atoms with van der Waals surface area (Å²) in [5.74, 6) is 0.634. The van der Waals surface area contributed by atoms with Crippen molar-refractivity contribution in [1.29, 1.82) is 0 Å². The predicted molar refractivity (Wildman–Crippen MR) is 72.1 cm³/mol. The van der Waals surface area contributed by atoms with Crippen LogP contribution in [0.25, 0.3) is 0 Å². The molecule has 0 unspecified atom stereocenters. The van der Waals surface area contributed by atoms with E-state index in [4.69, 9.17) is 16.3 Å². The lowest BCUT2D eigenvalue weighted by molar-refractivity contribution is -0.134. The van der Waals surface area contributed by atoms with E-state index in [2.05, 4.69) is 0 Å². The van der Waals surface area contributed by atoms with Gasteiger partial charge in [0.15, 0.2) is 6.61 Å². The molecule has 4 heteroatoms. The van der Waals surface area contributed by atoms with Crippen LogP contribution in [0.1, 0.15) is 24.8 Å². The topological polar surface area (TPSA) is 29.5 Å². The first-order valence-corrected chi connectivity index (χ1v) is 6.71. The molecule has 98 valence electrons. The van der Waals surface area contributed by atoms with E-state index in [-0.39, 0.29) is 12.5 Å². The zero-order chi connectivity index (χ0) is 13.0. The number of amides is 1. The lowest BCUT2D eigenvalue weighted by Crippen LogP contribution is -2.38. The molecule has 0 aromatic heterocycles. The Labute approximate surface area is 113 Å². The summed E-state index contributed by atoms with van der Waals surface area (Å²) in [6, 6.07) is 5.56. The molecule has 1 saturated heterocycles. The van der Waals surface area contributed by atoms with Crippen LogP contribution in [-0.2, 0) is 4.79 Å². The fourth-order valence-corrected chi connectivity index (χ4v) is 2.27.